The number of sulfonamides is 1. The number of rotatable bonds is 8. The number of H-pyrrole nitrogens is 1. The van der Waals surface area contributed by atoms with Gasteiger partial charge in [0.15, 0.2) is 0 Å². The summed E-state index contributed by atoms with van der Waals surface area (Å²) in [5, 5.41) is 3.93. The molecule has 0 unspecified atom stereocenters. The van der Waals surface area contributed by atoms with Gasteiger partial charge in [0, 0.05) is 41.8 Å². The van der Waals surface area contributed by atoms with E-state index in [0.29, 0.717) is 17.4 Å². The van der Waals surface area contributed by atoms with E-state index in [2.05, 4.69) is 20.8 Å². The molecule has 1 fully saturated rings. The average molecular weight is 468 g/mol. The first-order valence-corrected chi connectivity index (χ1v) is 12.8. The lowest BCUT2D eigenvalue weighted by Crippen LogP contribution is -2.51. The molecule has 0 spiro atoms. The molecule has 0 radical (unpaired) electrons. The van der Waals surface area contributed by atoms with Gasteiger partial charge in [0.1, 0.15) is 0 Å². The van der Waals surface area contributed by atoms with Gasteiger partial charge in [-0.3, -0.25) is 0 Å². The van der Waals surface area contributed by atoms with Gasteiger partial charge < -0.3 is 9.88 Å². The zero-order chi connectivity index (χ0) is 22.1. The lowest BCUT2D eigenvalue weighted by Gasteiger charge is -2.39. The van der Waals surface area contributed by atoms with E-state index in [0.717, 1.165) is 53.8 Å². The molecule has 32 heavy (non-hydrogen) atoms. The summed E-state index contributed by atoms with van der Waals surface area (Å²) in [6, 6.07) is 19.0. The Morgan fingerprint density at radius 3 is 2.69 bits per heavy atom. The van der Waals surface area contributed by atoms with E-state index in [-0.39, 0.29) is 0 Å². The van der Waals surface area contributed by atoms with Crippen LogP contribution < -0.4 is 4.72 Å². The van der Waals surface area contributed by atoms with E-state index in [1.807, 2.05) is 48.5 Å². The summed E-state index contributed by atoms with van der Waals surface area (Å²) < 4.78 is 28.2. The van der Waals surface area contributed by atoms with E-state index in [4.69, 9.17) is 11.6 Å². The third-order valence-corrected chi connectivity index (χ3v) is 7.93. The molecule has 5 nitrogen and oxygen atoms in total. The predicted molar refractivity (Wildman–Crippen MR) is 131 cm³/mol. The molecule has 0 atom stereocenters. The highest BCUT2D eigenvalue weighted by molar-refractivity contribution is 7.89. The molecule has 2 N–H and O–H groups in total. The third-order valence-electron chi connectivity index (χ3n) is 6.28. The first kappa shape index (κ1) is 21.5. The van der Waals surface area contributed by atoms with Crippen LogP contribution in [0.15, 0.2) is 71.8 Å². The second-order valence-electron chi connectivity index (χ2n) is 8.59. The van der Waals surface area contributed by atoms with Gasteiger partial charge in [-0.25, -0.2) is 13.1 Å². The summed E-state index contributed by atoms with van der Waals surface area (Å²) in [5.74, 6) is 0.358. The van der Waals surface area contributed by atoms with Gasteiger partial charge in [-0.2, -0.15) is 0 Å². The lowest BCUT2D eigenvalue weighted by molar-refractivity contribution is 0.102. The number of hydrogen-bond donors (Lipinski definition) is 2. The number of aromatic amines is 1. The van der Waals surface area contributed by atoms with Crippen LogP contribution in [0.1, 0.15) is 12.0 Å². The quantitative estimate of drug-likeness (QED) is 0.390. The van der Waals surface area contributed by atoms with Gasteiger partial charge in [0.2, 0.25) is 10.0 Å². The number of halogens is 1. The fourth-order valence-corrected chi connectivity index (χ4v) is 5.81. The summed E-state index contributed by atoms with van der Waals surface area (Å²) in [6.07, 6.45) is 4.13. The molecule has 0 bridgehead atoms. The Hall–Kier alpha value is -2.38. The molecule has 0 saturated carbocycles. The zero-order valence-electron chi connectivity index (χ0n) is 17.7. The fraction of sp³-hybridized carbons (Fsp3) is 0.280. The lowest BCUT2D eigenvalue weighted by atomic mass is 9.99. The second kappa shape index (κ2) is 8.87. The van der Waals surface area contributed by atoms with Gasteiger partial charge in [0.05, 0.1) is 4.90 Å². The normalized spacial score (nSPS) is 15.4. The van der Waals surface area contributed by atoms with Crippen LogP contribution in [0.3, 0.4) is 0 Å². The average Bonchev–Trinajstić information content (AvgIpc) is 3.16. The maximum Gasteiger partial charge on any atom is 0.240 e. The van der Waals surface area contributed by atoms with Crippen LogP contribution in [0.4, 0.5) is 0 Å². The van der Waals surface area contributed by atoms with Crippen molar-refractivity contribution in [3.63, 3.8) is 0 Å². The molecular formula is C25H26ClN3O2S. The van der Waals surface area contributed by atoms with Crippen LogP contribution in [0.2, 0.25) is 5.02 Å². The largest absolute Gasteiger partial charge is 0.361 e. The summed E-state index contributed by atoms with van der Waals surface area (Å²) in [6.45, 7) is 3.35. The SMILES string of the molecule is O=S(=O)(NCC1CN(CCCc2c[nH]c3ccc(Cl)cc23)C1)c1ccc2ccccc2c1. The molecule has 4 aromatic rings. The summed E-state index contributed by atoms with van der Waals surface area (Å²) >= 11 is 6.14. The van der Waals surface area contributed by atoms with Crippen molar-refractivity contribution in [2.24, 2.45) is 5.92 Å². The second-order valence-corrected chi connectivity index (χ2v) is 10.8. The molecule has 3 aromatic carbocycles. The van der Waals surface area contributed by atoms with Gasteiger partial charge in [-0.15, -0.1) is 0 Å². The fourth-order valence-electron chi connectivity index (χ4n) is 4.48. The van der Waals surface area contributed by atoms with Crippen LogP contribution >= 0.6 is 11.6 Å². The first-order chi connectivity index (χ1) is 15.5. The number of nitrogens with one attached hydrogen (secondary N) is 2. The minimum absolute atomic E-state index is 0.325. The van der Waals surface area contributed by atoms with Gasteiger partial charge in [-0.05, 0) is 72.0 Å². The summed E-state index contributed by atoms with van der Waals surface area (Å²) in [4.78, 5) is 6.02. The van der Waals surface area contributed by atoms with Crippen molar-refractivity contribution < 1.29 is 8.42 Å². The minimum atomic E-state index is -3.49. The molecule has 1 aliphatic heterocycles. The van der Waals surface area contributed by atoms with Crippen LogP contribution in [0.5, 0.6) is 0 Å². The van der Waals surface area contributed by atoms with E-state index < -0.39 is 10.0 Å². The molecule has 0 amide bonds. The van der Waals surface area contributed by atoms with Crippen LogP contribution in [0.25, 0.3) is 21.7 Å². The standard InChI is InChI=1S/C25H26ClN3O2S/c26-22-8-10-25-24(13-22)21(15-27-25)6-3-11-29-16-18(17-29)14-28-32(30,31)23-9-7-19-4-1-2-5-20(19)12-23/h1-2,4-5,7-10,12-13,15,18,27-28H,3,6,11,14,16-17H2. The molecule has 1 aromatic heterocycles. The predicted octanol–water partition coefficient (Wildman–Crippen LogP) is 4.82. The Kier molecular flexibility index (Phi) is 5.95. The van der Waals surface area contributed by atoms with Crippen molar-refractivity contribution in [1.29, 1.82) is 0 Å². The smallest absolute Gasteiger partial charge is 0.240 e. The van der Waals surface area contributed by atoms with Crippen LogP contribution in [0, 0.1) is 5.92 Å². The van der Waals surface area contributed by atoms with Crippen molar-refractivity contribution >= 4 is 43.3 Å². The molecule has 2 heterocycles. The maximum absolute atomic E-state index is 12.7. The Morgan fingerprint density at radius 2 is 1.84 bits per heavy atom. The Balaban J connectivity index is 1.08. The highest BCUT2D eigenvalue weighted by Gasteiger charge is 2.27. The third kappa shape index (κ3) is 4.55. The highest BCUT2D eigenvalue weighted by atomic mass is 35.5. The number of aryl methyl sites for hydroxylation is 1. The van der Waals surface area contributed by atoms with E-state index in [1.54, 1.807) is 12.1 Å². The first-order valence-electron chi connectivity index (χ1n) is 10.9. The molecule has 5 rings (SSSR count). The van der Waals surface area contributed by atoms with Crippen molar-refractivity contribution in [2.75, 3.05) is 26.2 Å². The number of hydrogen-bond acceptors (Lipinski definition) is 3. The van der Waals surface area contributed by atoms with E-state index in [1.165, 1.54) is 10.9 Å². The highest BCUT2D eigenvalue weighted by Crippen LogP contribution is 2.24. The summed E-state index contributed by atoms with van der Waals surface area (Å²) in [5.41, 5.74) is 2.41. The van der Waals surface area contributed by atoms with E-state index >= 15 is 0 Å². The minimum Gasteiger partial charge on any atom is -0.361 e. The molecule has 166 valence electrons. The molecule has 1 saturated heterocycles. The number of benzene rings is 3. The topological polar surface area (TPSA) is 65.2 Å². The maximum atomic E-state index is 12.7. The number of likely N-dealkylation sites (tertiary alicyclic amines) is 1. The molecular weight excluding hydrogens is 442 g/mol. The van der Waals surface area contributed by atoms with Crippen molar-refractivity contribution in [3.05, 3.63) is 77.4 Å². The summed E-state index contributed by atoms with van der Waals surface area (Å²) in [7, 11) is -3.49. The molecule has 1 aliphatic rings. The van der Waals surface area contributed by atoms with Crippen molar-refractivity contribution in [3.8, 4) is 0 Å². The molecule has 7 heteroatoms. The van der Waals surface area contributed by atoms with Gasteiger partial charge >= 0.3 is 0 Å². The van der Waals surface area contributed by atoms with Crippen molar-refractivity contribution in [2.45, 2.75) is 17.7 Å². The van der Waals surface area contributed by atoms with Gasteiger partial charge in [-0.1, -0.05) is 41.9 Å². The monoisotopic (exact) mass is 467 g/mol. The number of fused-ring (bicyclic) bond motifs is 2. The van der Waals surface area contributed by atoms with Crippen molar-refractivity contribution in [1.82, 2.24) is 14.6 Å². The zero-order valence-corrected chi connectivity index (χ0v) is 19.3. The number of nitrogens with zero attached hydrogens (tertiary/aromatic N) is 1. The number of aromatic nitrogens is 1. The van der Waals surface area contributed by atoms with Crippen LogP contribution in [-0.4, -0.2) is 44.5 Å². The molecule has 0 aliphatic carbocycles. The Bertz CT molecular complexity index is 1360. The van der Waals surface area contributed by atoms with Gasteiger partial charge in [0.25, 0.3) is 0 Å². The van der Waals surface area contributed by atoms with E-state index in [9.17, 15) is 8.42 Å². The Morgan fingerprint density at radius 1 is 1.03 bits per heavy atom. The Labute approximate surface area is 193 Å². The van der Waals surface area contributed by atoms with Crippen LogP contribution in [-0.2, 0) is 16.4 Å².